The first-order valence-corrected chi connectivity index (χ1v) is 7.55. The molecule has 10 heteroatoms. The maximum Gasteiger partial charge on any atom is 0.404 e. The minimum absolute atomic E-state index is 0.221. The van der Waals surface area contributed by atoms with Crippen molar-refractivity contribution in [2.75, 3.05) is 12.4 Å². The number of nitrogens with one attached hydrogen (secondary N) is 1. The van der Waals surface area contributed by atoms with Gasteiger partial charge in [0.15, 0.2) is 5.82 Å². The second-order valence-corrected chi connectivity index (χ2v) is 5.88. The standard InChI is InChI=1S/C11H9BrN6O2S/c1-13-9-6-2-3-21-11(6)15-8(14-9)5-17-4-7(12)10(16-17)18(19)20/h2-4H,5H2,1H3,(H,13,14,15). The zero-order valence-corrected chi connectivity index (χ0v) is 13.2. The normalized spacial score (nSPS) is 11.0. The highest BCUT2D eigenvalue weighted by atomic mass is 79.9. The zero-order chi connectivity index (χ0) is 15.0. The lowest BCUT2D eigenvalue weighted by molar-refractivity contribution is -0.390. The molecule has 0 fully saturated rings. The molecule has 0 aliphatic heterocycles. The van der Waals surface area contributed by atoms with Crippen LogP contribution in [0.1, 0.15) is 5.82 Å². The lowest BCUT2D eigenvalue weighted by atomic mass is 10.3. The fraction of sp³-hybridized carbons (Fsp3) is 0.182. The highest BCUT2D eigenvalue weighted by Crippen LogP contribution is 2.26. The summed E-state index contributed by atoms with van der Waals surface area (Å²) in [6, 6.07) is 1.95. The van der Waals surface area contributed by atoms with Gasteiger partial charge in [0, 0.05) is 7.05 Å². The van der Waals surface area contributed by atoms with Crippen molar-refractivity contribution in [2.24, 2.45) is 0 Å². The fourth-order valence-corrected chi connectivity index (χ4v) is 3.14. The predicted octanol–water partition coefficient (Wildman–Crippen LogP) is 2.65. The van der Waals surface area contributed by atoms with Gasteiger partial charge in [-0.3, -0.25) is 0 Å². The first kappa shape index (κ1) is 13.9. The quantitative estimate of drug-likeness (QED) is 0.561. The molecule has 0 radical (unpaired) electrons. The monoisotopic (exact) mass is 368 g/mol. The molecule has 0 saturated carbocycles. The summed E-state index contributed by atoms with van der Waals surface area (Å²) < 4.78 is 1.77. The molecule has 8 nitrogen and oxygen atoms in total. The van der Waals surface area contributed by atoms with Crippen molar-refractivity contribution in [1.82, 2.24) is 19.7 Å². The second-order valence-electron chi connectivity index (χ2n) is 4.13. The topological polar surface area (TPSA) is 98.8 Å². The number of fused-ring (bicyclic) bond motifs is 1. The average molecular weight is 369 g/mol. The Bertz CT molecular complexity index is 829. The van der Waals surface area contributed by atoms with Crippen LogP contribution in [0.25, 0.3) is 10.2 Å². The van der Waals surface area contributed by atoms with E-state index in [9.17, 15) is 10.1 Å². The first-order valence-electron chi connectivity index (χ1n) is 5.87. The molecule has 0 saturated heterocycles. The van der Waals surface area contributed by atoms with Crippen LogP contribution in [0.15, 0.2) is 22.1 Å². The molecule has 0 bridgehead atoms. The summed E-state index contributed by atoms with van der Waals surface area (Å²) in [5, 5.41) is 20.6. The molecule has 3 aromatic rings. The second kappa shape index (κ2) is 5.37. The number of aromatic nitrogens is 4. The van der Waals surface area contributed by atoms with E-state index < -0.39 is 4.92 Å². The van der Waals surface area contributed by atoms with Crippen LogP contribution in [-0.4, -0.2) is 31.7 Å². The van der Waals surface area contributed by atoms with E-state index in [1.54, 1.807) is 13.2 Å². The molecule has 1 N–H and O–H groups in total. The predicted molar refractivity (Wildman–Crippen MR) is 82.6 cm³/mol. The Morgan fingerprint density at radius 3 is 3.00 bits per heavy atom. The van der Waals surface area contributed by atoms with E-state index in [0.29, 0.717) is 10.3 Å². The van der Waals surface area contributed by atoms with Gasteiger partial charge in [0.05, 0.1) is 16.7 Å². The van der Waals surface area contributed by atoms with Crippen LogP contribution in [-0.2, 0) is 6.54 Å². The van der Waals surface area contributed by atoms with Gasteiger partial charge in [-0.1, -0.05) is 0 Å². The van der Waals surface area contributed by atoms with Crippen molar-refractivity contribution < 1.29 is 4.92 Å². The van der Waals surface area contributed by atoms with Gasteiger partial charge >= 0.3 is 5.82 Å². The maximum atomic E-state index is 10.8. The summed E-state index contributed by atoms with van der Waals surface area (Å²) in [7, 11) is 1.79. The summed E-state index contributed by atoms with van der Waals surface area (Å²) in [5.41, 5.74) is 0. The van der Waals surface area contributed by atoms with Gasteiger partial charge in [-0.25, -0.2) is 9.97 Å². The number of halogens is 1. The summed E-state index contributed by atoms with van der Waals surface area (Å²) in [6.45, 7) is 0.259. The molecule has 0 atom stereocenters. The van der Waals surface area contributed by atoms with Gasteiger partial charge in [0.25, 0.3) is 0 Å². The number of anilines is 1. The number of hydrogen-bond acceptors (Lipinski definition) is 7. The number of rotatable bonds is 4. The molecule has 0 aromatic carbocycles. The van der Waals surface area contributed by atoms with Gasteiger partial charge < -0.3 is 15.4 Å². The molecule has 0 aliphatic rings. The Morgan fingerprint density at radius 1 is 1.52 bits per heavy atom. The third-order valence-electron chi connectivity index (χ3n) is 2.78. The fourth-order valence-electron chi connectivity index (χ4n) is 1.90. The van der Waals surface area contributed by atoms with E-state index in [0.717, 1.165) is 16.0 Å². The van der Waals surface area contributed by atoms with Gasteiger partial charge in [0.2, 0.25) is 0 Å². The van der Waals surface area contributed by atoms with Crippen LogP contribution in [0, 0.1) is 10.1 Å². The third kappa shape index (κ3) is 2.59. The van der Waals surface area contributed by atoms with E-state index in [1.807, 2.05) is 11.4 Å². The van der Waals surface area contributed by atoms with Gasteiger partial charge in [-0.2, -0.15) is 4.68 Å². The van der Waals surface area contributed by atoms with Crippen LogP contribution < -0.4 is 5.32 Å². The van der Waals surface area contributed by atoms with E-state index in [4.69, 9.17) is 0 Å². The number of thiophene rings is 1. The summed E-state index contributed by atoms with van der Waals surface area (Å²) in [6.07, 6.45) is 1.54. The first-order chi connectivity index (χ1) is 10.1. The molecule has 0 aliphatic carbocycles. The summed E-state index contributed by atoms with van der Waals surface area (Å²) >= 11 is 4.63. The van der Waals surface area contributed by atoms with Gasteiger partial charge in [0.1, 0.15) is 21.7 Å². The van der Waals surface area contributed by atoms with Crippen LogP contribution in [0.5, 0.6) is 0 Å². The van der Waals surface area contributed by atoms with Crippen molar-refractivity contribution in [2.45, 2.75) is 6.54 Å². The highest BCUT2D eigenvalue weighted by Gasteiger charge is 2.19. The molecule has 0 amide bonds. The Kier molecular flexibility index (Phi) is 3.55. The summed E-state index contributed by atoms with van der Waals surface area (Å²) in [5.74, 6) is 1.05. The lowest BCUT2D eigenvalue weighted by Gasteiger charge is -2.04. The van der Waals surface area contributed by atoms with E-state index in [-0.39, 0.29) is 12.4 Å². The van der Waals surface area contributed by atoms with Crippen LogP contribution in [0.2, 0.25) is 0 Å². The Labute approximate surface area is 131 Å². The van der Waals surface area contributed by atoms with Crippen LogP contribution in [0.3, 0.4) is 0 Å². The Morgan fingerprint density at radius 2 is 2.33 bits per heavy atom. The van der Waals surface area contributed by atoms with Crippen LogP contribution >= 0.6 is 27.3 Å². The number of nitrogens with zero attached hydrogens (tertiary/aromatic N) is 5. The molecule has 21 heavy (non-hydrogen) atoms. The maximum absolute atomic E-state index is 10.8. The SMILES string of the molecule is CNc1nc(Cn2cc(Br)c([N+](=O)[O-])n2)nc2sccc12. The van der Waals surface area contributed by atoms with E-state index in [1.165, 1.54) is 16.0 Å². The van der Waals surface area contributed by atoms with Crippen molar-refractivity contribution in [1.29, 1.82) is 0 Å². The molecular formula is C11H9BrN6O2S. The summed E-state index contributed by atoms with van der Waals surface area (Å²) in [4.78, 5) is 20.0. The Balaban J connectivity index is 1.97. The van der Waals surface area contributed by atoms with Crippen molar-refractivity contribution >= 4 is 49.1 Å². The Hall–Kier alpha value is -2.07. The minimum atomic E-state index is -0.539. The van der Waals surface area contributed by atoms with Crippen LogP contribution in [0.4, 0.5) is 11.6 Å². The lowest BCUT2D eigenvalue weighted by Crippen LogP contribution is -2.07. The molecule has 0 spiro atoms. The molecule has 0 unspecified atom stereocenters. The van der Waals surface area contributed by atoms with Crippen molar-refractivity contribution in [3.63, 3.8) is 0 Å². The third-order valence-corrected chi connectivity index (χ3v) is 4.15. The smallest absolute Gasteiger partial charge is 0.372 e. The number of nitro groups is 1. The molecule has 3 heterocycles. The largest absolute Gasteiger partial charge is 0.404 e. The average Bonchev–Trinajstić information content (AvgIpc) is 3.04. The molecule has 3 aromatic heterocycles. The molecule has 3 rings (SSSR count). The van der Waals surface area contributed by atoms with E-state index in [2.05, 4.69) is 36.3 Å². The minimum Gasteiger partial charge on any atom is -0.372 e. The number of hydrogen-bond donors (Lipinski definition) is 1. The van der Waals surface area contributed by atoms with Crippen molar-refractivity contribution in [3.05, 3.63) is 38.1 Å². The van der Waals surface area contributed by atoms with Gasteiger partial charge in [-0.05, 0) is 32.3 Å². The molecular weight excluding hydrogens is 360 g/mol. The highest BCUT2D eigenvalue weighted by molar-refractivity contribution is 9.10. The van der Waals surface area contributed by atoms with Gasteiger partial charge in [-0.15, -0.1) is 11.3 Å². The zero-order valence-electron chi connectivity index (χ0n) is 10.8. The van der Waals surface area contributed by atoms with E-state index >= 15 is 0 Å². The molecule has 108 valence electrons. The van der Waals surface area contributed by atoms with Crippen molar-refractivity contribution in [3.8, 4) is 0 Å².